The Balaban J connectivity index is 1.71. The van der Waals surface area contributed by atoms with Crippen LogP contribution >= 0.6 is 0 Å². The van der Waals surface area contributed by atoms with Gasteiger partial charge in [-0.1, -0.05) is 30.3 Å². The first-order chi connectivity index (χ1) is 14.0. The zero-order valence-corrected chi connectivity index (χ0v) is 16.8. The number of para-hydroxylation sites is 1. The van der Waals surface area contributed by atoms with Crippen molar-refractivity contribution in [3.63, 3.8) is 0 Å². The molecule has 5 rings (SSSR count). The number of aromatic nitrogens is 1. The number of urea groups is 1. The van der Waals surface area contributed by atoms with E-state index in [9.17, 15) is 9.59 Å². The van der Waals surface area contributed by atoms with Crippen LogP contribution in [0.15, 0.2) is 48.5 Å². The number of aromatic amines is 1. The Labute approximate surface area is 169 Å². The minimum absolute atomic E-state index is 0.0941. The number of likely N-dealkylation sites (N-methyl/N-ethyl adjacent to an activating group) is 1. The van der Waals surface area contributed by atoms with Gasteiger partial charge in [-0.3, -0.25) is 14.6 Å². The lowest BCUT2D eigenvalue weighted by Gasteiger charge is -2.36. The second-order valence-corrected chi connectivity index (χ2v) is 7.94. The van der Waals surface area contributed by atoms with E-state index in [1.54, 1.807) is 4.90 Å². The summed E-state index contributed by atoms with van der Waals surface area (Å²) in [5, 5.41) is 1.13. The molecule has 3 amide bonds. The Morgan fingerprint density at radius 3 is 2.48 bits per heavy atom. The molecule has 2 unspecified atom stereocenters. The third kappa shape index (κ3) is 2.48. The molecule has 3 aromatic rings. The Kier molecular flexibility index (Phi) is 3.91. The van der Waals surface area contributed by atoms with Crippen LogP contribution in [0.25, 0.3) is 10.9 Å². The zero-order chi connectivity index (χ0) is 20.3. The number of benzene rings is 2. The van der Waals surface area contributed by atoms with Crippen LogP contribution < -0.4 is 4.90 Å². The second kappa shape index (κ2) is 6.37. The number of fused-ring (bicyclic) bond motifs is 4. The lowest BCUT2D eigenvalue weighted by atomic mass is 9.89. The van der Waals surface area contributed by atoms with Crippen molar-refractivity contribution in [3.8, 4) is 0 Å². The number of amides is 3. The van der Waals surface area contributed by atoms with Crippen molar-refractivity contribution < 1.29 is 9.59 Å². The molecule has 0 saturated carbocycles. The highest BCUT2D eigenvalue weighted by Gasteiger charge is 2.51. The topological polar surface area (TPSA) is 59.7 Å². The largest absolute Gasteiger partial charge is 0.378 e. The molecule has 1 fully saturated rings. The molecule has 0 spiro atoms. The molecule has 0 radical (unpaired) electrons. The summed E-state index contributed by atoms with van der Waals surface area (Å²) >= 11 is 0. The first kappa shape index (κ1) is 17.8. The smallest absolute Gasteiger partial charge is 0.328 e. The standard InChI is InChI=1S/C23H24N4O2/c1-4-26-22(28)19-13-17-16-7-5-6-8-18(16)24-20(17)21(27(19)23(26)29)14-9-11-15(12-10-14)25(2)3/h5-12,19,21,24H,4,13H2,1-3H3. The first-order valence-corrected chi connectivity index (χ1v) is 10.0. The summed E-state index contributed by atoms with van der Waals surface area (Å²) in [5.74, 6) is -0.0941. The van der Waals surface area contributed by atoms with E-state index >= 15 is 0 Å². The number of anilines is 1. The molecule has 1 N–H and O–H groups in total. The van der Waals surface area contributed by atoms with E-state index in [4.69, 9.17) is 0 Å². The molecular formula is C23H24N4O2. The van der Waals surface area contributed by atoms with Crippen LogP contribution in [-0.2, 0) is 11.2 Å². The van der Waals surface area contributed by atoms with Crippen molar-refractivity contribution in [3.05, 3.63) is 65.4 Å². The fraction of sp³-hybridized carbons (Fsp3) is 0.304. The zero-order valence-electron chi connectivity index (χ0n) is 16.8. The predicted octanol–water partition coefficient (Wildman–Crippen LogP) is 3.53. The second-order valence-electron chi connectivity index (χ2n) is 7.94. The van der Waals surface area contributed by atoms with Crippen molar-refractivity contribution in [2.45, 2.75) is 25.4 Å². The third-order valence-electron chi connectivity index (χ3n) is 6.18. The number of nitrogens with zero attached hydrogens (tertiary/aromatic N) is 3. The summed E-state index contributed by atoms with van der Waals surface area (Å²) in [6.45, 7) is 2.25. The average Bonchev–Trinajstić information content (AvgIpc) is 3.21. The molecular weight excluding hydrogens is 364 g/mol. The number of carbonyl (C=O) groups excluding carboxylic acids is 2. The van der Waals surface area contributed by atoms with Crippen molar-refractivity contribution >= 4 is 28.5 Å². The van der Waals surface area contributed by atoms with Crippen LogP contribution in [0.4, 0.5) is 10.5 Å². The lowest BCUT2D eigenvalue weighted by Crippen LogP contribution is -2.44. The summed E-state index contributed by atoms with van der Waals surface area (Å²) < 4.78 is 0. The lowest BCUT2D eigenvalue weighted by molar-refractivity contribution is -0.128. The van der Waals surface area contributed by atoms with Crippen molar-refractivity contribution in [2.24, 2.45) is 0 Å². The van der Waals surface area contributed by atoms with Gasteiger partial charge in [-0.05, 0) is 36.2 Å². The van der Waals surface area contributed by atoms with Crippen LogP contribution in [0.5, 0.6) is 0 Å². The Morgan fingerprint density at radius 1 is 1.07 bits per heavy atom. The summed E-state index contributed by atoms with van der Waals surface area (Å²) in [6, 6.07) is 15.4. The van der Waals surface area contributed by atoms with Gasteiger partial charge in [0.25, 0.3) is 5.91 Å². The SMILES string of the molecule is CCN1C(=O)C2Cc3c([nH]c4ccccc34)C(c3ccc(N(C)C)cc3)N2C1=O. The molecule has 1 aromatic heterocycles. The van der Waals surface area contributed by atoms with Gasteiger partial charge in [0.2, 0.25) is 0 Å². The van der Waals surface area contributed by atoms with Gasteiger partial charge in [-0.2, -0.15) is 0 Å². The summed E-state index contributed by atoms with van der Waals surface area (Å²) in [6.07, 6.45) is 0.548. The summed E-state index contributed by atoms with van der Waals surface area (Å²) in [7, 11) is 4.01. The maximum absolute atomic E-state index is 13.2. The van der Waals surface area contributed by atoms with Crippen LogP contribution in [-0.4, -0.2) is 53.4 Å². The van der Waals surface area contributed by atoms with Crippen LogP contribution in [0.2, 0.25) is 0 Å². The predicted molar refractivity (Wildman–Crippen MR) is 113 cm³/mol. The van der Waals surface area contributed by atoms with E-state index in [1.165, 1.54) is 4.90 Å². The average molecular weight is 388 g/mol. The Morgan fingerprint density at radius 2 is 1.79 bits per heavy atom. The first-order valence-electron chi connectivity index (χ1n) is 10.0. The highest BCUT2D eigenvalue weighted by Crippen LogP contribution is 2.44. The number of hydrogen-bond donors (Lipinski definition) is 1. The Hall–Kier alpha value is -3.28. The highest BCUT2D eigenvalue weighted by atomic mass is 16.2. The van der Waals surface area contributed by atoms with Crippen LogP contribution in [0, 0.1) is 0 Å². The summed E-state index contributed by atoms with van der Waals surface area (Å²) in [4.78, 5) is 34.9. The fourth-order valence-corrected chi connectivity index (χ4v) is 4.72. The van der Waals surface area contributed by atoms with E-state index in [2.05, 4.69) is 35.3 Å². The van der Waals surface area contributed by atoms with E-state index in [1.807, 2.05) is 44.1 Å². The minimum Gasteiger partial charge on any atom is -0.378 e. The molecule has 6 nitrogen and oxygen atoms in total. The monoisotopic (exact) mass is 388 g/mol. The van der Waals surface area contributed by atoms with Crippen LogP contribution in [0.1, 0.15) is 29.8 Å². The highest BCUT2D eigenvalue weighted by molar-refractivity contribution is 6.05. The van der Waals surface area contributed by atoms with Crippen LogP contribution in [0.3, 0.4) is 0 Å². The molecule has 2 aliphatic heterocycles. The molecule has 3 heterocycles. The molecule has 0 aliphatic carbocycles. The van der Waals surface area contributed by atoms with Gasteiger partial charge in [-0.15, -0.1) is 0 Å². The Bertz CT molecular complexity index is 1120. The summed E-state index contributed by atoms with van der Waals surface area (Å²) in [5.41, 5.74) is 5.30. The van der Waals surface area contributed by atoms with E-state index in [0.29, 0.717) is 13.0 Å². The maximum Gasteiger partial charge on any atom is 0.328 e. The van der Waals surface area contributed by atoms with Gasteiger partial charge < -0.3 is 9.88 Å². The fourth-order valence-electron chi connectivity index (χ4n) is 4.72. The van der Waals surface area contributed by atoms with Crippen molar-refractivity contribution in [1.82, 2.24) is 14.8 Å². The minimum atomic E-state index is -0.451. The van der Waals surface area contributed by atoms with E-state index in [-0.39, 0.29) is 18.0 Å². The third-order valence-corrected chi connectivity index (χ3v) is 6.18. The molecule has 148 valence electrons. The van der Waals surface area contributed by atoms with Gasteiger partial charge in [0.15, 0.2) is 0 Å². The number of nitrogens with one attached hydrogen (secondary N) is 1. The van der Waals surface area contributed by atoms with Gasteiger partial charge in [-0.25, -0.2) is 4.79 Å². The van der Waals surface area contributed by atoms with E-state index < -0.39 is 6.04 Å². The molecule has 29 heavy (non-hydrogen) atoms. The van der Waals surface area contributed by atoms with Crippen molar-refractivity contribution in [2.75, 3.05) is 25.5 Å². The molecule has 6 heteroatoms. The normalized spacial score (nSPS) is 20.9. The van der Waals surface area contributed by atoms with Gasteiger partial charge in [0.1, 0.15) is 12.1 Å². The number of hydrogen-bond acceptors (Lipinski definition) is 3. The van der Waals surface area contributed by atoms with E-state index in [0.717, 1.165) is 33.4 Å². The van der Waals surface area contributed by atoms with Gasteiger partial charge in [0.05, 0.1) is 0 Å². The van der Waals surface area contributed by atoms with Crippen molar-refractivity contribution in [1.29, 1.82) is 0 Å². The number of imide groups is 1. The molecule has 2 aliphatic rings. The van der Waals surface area contributed by atoms with Gasteiger partial charge >= 0.3 is 6.03 Å². The number of rotatable bonds is 3. The number of H-pyrrole nitrogens is 1. The molecule has 2 atom stereocenters. The molecule has 0 bridgehead atoms. The van der Waals surface area contributed by atoms with Gasteiger partial charge in [0, 0.05) is 49.3 Å². The quantitative estimate of drug-likeness (QED) is 0.699. The molecule has 1 saturated heterocycles. The maximum atomic E-state index is 13.2. The molecule has 2 aromatic carbocycles. The number of carbonyl (C=O) groups is 2.